The second-order valence-electron chi connectivity index (χ2n) is 7.63. The van der Waals surface area contributed by atoms with Crippen molar-refractivity contribution in [2.45, 2.75) is 65.2 Å². The predicted octanol–water partition coefficient (Wildman–Crippen LogP) is 4.64. The van der Waals surface area contributed by atoms with Gasteiger partial charge in [0.25, 0.3) is 6.43 Å². The highest BCUT2D eigenvalue weighted by atomic mass is 32.2. The zero-order valence-corrected chi connectivity index (χ0v) is 16.8. The number of alkyl halides is 2. The van der Waals surface area contributed by atoms with Crippen LogP contribution in [0.4, 0.5) is 19.3 Å². The van der Waals surface area contributed by atoms with Crippen molar-refractivity contribution in [1.29, 1.82) is 0 Å². The van der Waals surface area contributed by atoms with Crippen molar-refractivity contribution in [2.24, 2.45) is 4.40 Å². The van der Waals surface area contributed by atoms with Gasteiger partial charge in [0, 0.05) is 5.69 Å². The number of aromatic nitrogens is 1. The minimum absolute atomic E-state index is 0.0932. The zero-order chi connectivity index (χ0) is 20.3. The summed E-state index contributed by atoms with van der Waals surface area (Å²) in [6.45, 7) is 11.8. The van der Waals surface area contributed by atoms with Gasteiger partial charge in [-0.2, -0.15) is 4.40 Å². The van der Waals surface area contributed by atoms with Crippen molar-refractivity contribution >= 4 is 28.5 Å². The summed E-state index contributed by atoms with van der Waals surface area (Å²) in [5.74, 6) is 0. The summed E-state index contributed by atoms with van der Waals surface area (Å²) in [4.78, 5) is 15.7. The van der Waals surface area contributed by atoms with Crippen molar-refractivity contribution in [2.75, 3.05) is 5.32 Å². The molecular weight excluding hydrogens is 364 g/mol. The van der Waals surface area contributed by atoms with E-state index in [4.69, 9.17) is 4.74 Å². The van der Waals surface area contributed by atoms with Crippen molar-refractivity contribution in [1.82, 2.24) is 4.98 Å². The Kier molecular flexibility index (Phi) is 6.98. The minimum Gasteiger partial charge on any atom is -0.444 e. The number of carbonyl (C=O) groups excluding carboxylic acids is 1. The summed E-state index contributed by atoms with van der Waals surface area (Å²) >= 11 is 0. The summed E-state index contributed by atoms with van der Waals surface area (Å²) in [6.07, 6.45) is -3.61. The second kappa shape index (κ2) is 8.20. The van der Waals surface area contributed by atoms with Crippen molar-refractivity contribution in [3.63, 3.8) is 0 Å². The van der Waals surface area contributed by atoms with Crippen LogP contribution in [0.2, 0.25) is 0 Å². The van der Waals surface area contributed by atoms with E-state index in [-0.39, 0.29) is 17.1 Å². The van der Waals surface area contributed by atoms with E-state index in [1.165, 1.54) is 13.0 Å². The van der Waals surface area contributed by atoms with Crippen LogP contribution in [0.15, 0.2) is 16.5 Å². The third-order valence-corrected chi connectivity index (χ3v) is 4.32. The Morgan fingerprint density at radius 3 is 2.27 bits per heavy atom. The van der Waals surface area contributed by atoms with Crippen molar-refractivity contribution < 1.29 is 22.5 Å². The maximum atomic E-state index is 13.1. The molecule has 1 N–H and O–H groups in total. The standard InChI is InChI=1S/C17H25F2N3O3S/c1-10(22-26(24)17(5,6)7)12-8-11(9-13(21-12)14(18)19)20-15(23)25-16(2,3)4/h8-9,14H,1-7H3,(H,20,21,23)/t26-/m0/s1. The highest BCUT2D eigenvalue weighted by Crippen LogP contribution is 2.23. The van der Waals surface area contributed by atoms with E-state index in [1.807, 2.05) is 0 Å². The molecule has 0 saturated heterocycles. The topological polar surface area (TPSA) is 80.7 Å². The first kappa shape index (κ1) is 22.1. The van der Waals surface area contributed by atoms with E-state index >= 15 is 0 Å². The van der Waals surface area contributed by atoms with E-state index < -0.39 is 39.5 Å². The number of hydrogen-bond donors (Lipinski definition) is 1. The van der Waals surface area contributed by atoms with Gasteiger partial charge in [0.05, 0.1) is 16.2 Å². The van der Waals surface area contributed by atoms with E-state index in [0.717, 1.165) is 6.07 Å². The monoisotopic (exact) mass is 389 g/mol. The summed E-state index contributed by atoms with van der Waals surface area (Å²) < 4.78 is 47.0. The molecule has 1 amide bonds. The van der Waals surface area contributed by atoms with Gasteiger partial charge in [0.2, 0.25) is 0 Å². The Hall–Kier alpha value is -1.90. The SMILES string of the molecule is CC(=N[S@@](=O)C(C)(C)C)c1cc(NC(=O)OC(C)(C)C)cc(C(F)F)n1. The molecule has 0 radical (unpaired) electrons. The lowest BCUT2D eigenvalue weighted by molar-refractivity contribution is 0.0635. The molecule has 26 heavy (non-hydrogen) atoms. The molecule has 0 saturated carbocycles. The molecule has 0 unspecified atom stereocenters. The van der Waals surface area contributed by atoms with Crippen molar-refractivity contribution in [3.8, 4) is 0 Å². The van der Waals surface area contributed by atoms with E-state index in [9.17, 15) is 17.8 Å². The Morgan fingerprint density at radius 1 is 1.23 bits per heavy atom. The smallest absolute Gasteiger partial charge is 0.412 e. The third kappa shape index (κ3) is 7.15. The molecule has 0 aliphatic rings. The molecule has 9 heteroatoms. The highest BCUT2D eigenvalue weighted by Gasteiger charge is 2.21. The van der Waals surface area contributed by atoms with Gasteiger partial charge in [-0.3, -0.25) is 5.32 Å². The first-order valence-electron chi connectivity index (χ1n) is 7.97. The number of ether oxygens (including phenoxy) is 1. The Bertz CT molecular complexity index is 723. The second-order valence-corrected chi connectivity index (χ2v) is 9.54. The molecule has 1 atom stereocenters. The highest BCUT2D eigenvalue weighted by molar-refractivity contribution is 7.85. The van der Waals surface area contributed by atoms with Crippen LogP contribution in [0.25, 0.3) is 0 Å². The number of rotatable bonds is 4. The molecule has 0 aliphatic heterocycles. The first-order chi connectivity index (χ1) is 11.7. The molecule has 1 aromatic rings. The van der Waals surface area contributed by atoms with Crippen LogP contribution in [-0.4, -0.2) is 31.3 Å². The van der Waals surface area contributed by atoms with Gasteiger partial charge in [0.1, 0.15) is 22.3 Å². The van der Waals surface area contributed by atoms with Gasteiger partial charge in [-0.25, -0.2) is 22.8 Å². The van der Waals surface area contributed by atoms with E-state index in [2.05, 4.69) is 14.7 Å². The van der Waals surface area contributed by atoms with Crippen LogP contribution in [0, 0.1) is 0 Å². The van der Waals surface area contributed by atoms with Crippen LogP contribution in [0.1, 0.15) is 66.3 Å². The fourth-order valence-electron chi connectivity index (χ4n) is 1.65. The van der Waals surface area contributed by atoms with Gasteiger partial charge >= 0.3 is 6.09 Å². The molecule has 0 bridgehead atoms. The lowest BCUT2D eigenvalue weighted by Gasteiger charge is -2.20. The average Bonchev–Trinajstić information content (AvgIpc) is 2.43. The quantitative estimate of drug-likeness (QED) is 0.761. The number of halogens is 2. The number of nitrogens with zero attached hydrogens (tertiary/aromatic N) is 2. The third-order valence-electron chi connectivity index (χ3n) is 2.83. The lowest BCUT2D eigenvalue weighted by atomic mass is 10.2. The predicted molar refractivity (Wildman–Crippen MR) is 99.2 cm³/mol. The molecule has 1 rings (SSSR count). The van der Waals surface area contributed by atoms with Crippen LogP contribution in [0.5, 0.6) is 0 Å². The van der Waals surface area contributed by atoms with E-state index in [1.54, 1.807) is 41.5 Å². The van der Waals surface area contributed by atoms with Gasteiger partial charge < -0.3 is 4.74 Å². The molecule has 0 aromatic carbocycles. The summed E-state index contributed by atoms with van der Waals surface area (Å²) in [7, 11) is -1.57. The Labute approximate surface area is 155 Å². The summed E-state index contributed by atoms with van der Waals surface area (Å²) in [6, 6.07) is 2.45. The number of nitrogens with one attached hydrogen (secondary N) is 1. The maximum absolute atomic E-state index is 13.1. The fourth-order valence-corrected chi connectivity index (χ4v) is 2.27. The number of amides is 1. The number of anilines is 1. The maximum Gasteiger partial charge on any atom is 0.412 e. The molecule has 0 aliphatic carbocycles. The molecule has 6 nitrogen and oxygen atoms in total. The van der Waals surface area contributed by atoms with Crippen LogP contribution in [0.3, 0.4) is 0 Å². The molecule has 0 spiro atoms. The number of hydrogen-bond acceptors (Lipinski definition) is 4. The normalized spacial score (nSPS) is 14.3. The van der Waals surface area contributed by atoms with E-state index in [0.29, 0.717) is 0 Å². The average molecular weight is 389 g/mol. The first-order valence-corrected chi connectivity index (χ1v) is 9.07. The molecule has 1 aromatic heterocycles. The molecule has 0 fully saturated rings. The Balaban J connectivity index is 3.21. The van der Waals surface area contributed by atoms with Crippen LogP contribution < -0.4 is 5.32 Å². The summed E-state index contributed by atoms with van der Waals surface area (Å²) in [5, 5.41) is 2.41. The fraction of sp³-hybridized carbons (Fsp3) is 0.588. The van der Waals surface area contributed by atoms with Crippen LogP contribution in [-0.2, 0) is 15.7 Å². The number of pyridine rings is 1. The van der Waals surface area contributed by atoms with Gasteiger partial charge in [0.15, 0.2) is 0 Å². The largest absolute Gasteiger partial charge is 0.444 e. The van der Waals surface area contributed by atoms with Gasteiger partial charge in [-0.15, -0.1) is 0 Å². The number of carbonyl (C=O) groups is 1. The minimum atomic E-state index is -2.84. The van der Waals surface area contributed by atoms with Crippen molar-refractivity contribution in [3.05, 3.63) is 23.5 Å². The lowest BCUT2D eigenvalue weighted by Crippen LogP contribution is -2.27. The summed E-state index contributed by atoms with van der Waals surface area (Å²) in [5.41, 5.74) is -0.827. The molecule has 1 heterocycles. The molecular formula is C17H25F2N3O3S. The van der Waals surface area contributed by atoms with Crippen LogP contribution >= 0.6 is 0 Å². The van der Waals surface area contributed by atoms with Gasteiger partial charge in [-0.1, -0.05) is 0 Å². The molecule has 146 valence electrons. The zero-order valence-electron chi connectivity index (χ0n) is 16.0. The van der Waals surface area contributed by atoms with Gasteiger partial charge in [-0.05, 0) is 60.6 Å². The Morgan fingerprint density at radius 2 is 1.81 bits per heavy atom.